The largest absolute Gasteiger partial charge is 0.367 e. The molecule has 2 aromatic heterocycles. The SMILES string of the molecule is CCc1cc2c(NC(C)Cc3ccc(F)c(Br)c3)ncnc2s1. The molecule has 3 rings (SSSR count). The summed E-state index contributed by atoms with van der Waals surface area (Å²) in [6, 6.07) is 7.46. The molecule has 0 spiro atoms. The number of fused-ring (bicyclic) bond motifs is 1. The monoisotopic (exact) mass is 393 g/mol. The molecule has 0 saturated carbocycles. The summed E-state index contributed by atoms with van der Waals surface area (Å²) in [4.78, 5) is 11.0. The predicted octanol–water partition coefficient (Wildman–Crippen LogP) is 5.20. The number of benzene rings is 1. The van der Waals surface area contributed by atoms with Gasteiger partial charge >= 0.3 is 0 Å². The molecule has 1 atom stereocenters. The van der Waals surface area contributed by atoms with Gasteiger partial charge in [0.25, 0.3) is 0 Å². The molecule has 0 bridgehead atoms. The Bertz CT molecular complexity index is 834. The van der Waals surface area contributed by atoms with E-state index in [4.69, 9.17) is 0 Å². The summed E-state index contributed by atoms with van der Waals surface area (Å²) in [5.41, 5.74) is 1.07. The molecule has 0 aliphatic carbocycles. The summed E-state index contributed by atoms with van der Waals surface area (Å²) in [7, 11) is 0. The van der Waals surface area contributed by atoms with E-state index >= 15 is 0 Å². The smallest absolute Gasteiger partial charge is 0.138 e. The first-order valence-electron chi connectivity index (χ1n) is 7.50. The normalized spacial score (nSPS) is 12.5. The number of rotatable bonds is 5. The average molecular weight is 394 g/mol. The van der Waals surface area contributed by atoms with Crippen LogP contribution in [0.4, 0.5) is 10.2 Å². The molecule has 3 nitrogen and oxygen atoms in total. The number of halogens is 2. The van der Waals surface area contributed by atoms with Gasteiger partial charge in [-0.3, -0.25) is 0 Å². The van der Waals surface area contributed by atoms with E-state index in [0.717, 1.165) is 34.4 Å². The van der Waals surface area contributed by atoms with Crippen LogP contribution in [0.1, 0.15) is 24.3 Å². The fourth-order valence-corrected chi connectivity index (χ4v) is 3.86. The van der Waals surface area contributed by atoms with Gasteiger partial charge in [-0.05, 0) is 59.5 Å². The van der Waals surface area contributed by atoms with Crippen molar-refractivity contribution in [1.82, 2.24) is 9.97 Å². The van der Waals surface area contributed by atoms with Gasteiger partial charge in [-0.2, -0.15) is 0 Å². The minimum Gasteiger partial charge on any atom is -0.367 e. The van der Waals surface area contributed by atoms with Gasteiger partial charge in [0.15, 0.2) is 0 Å². The maximum Gasteiger partial charge on any atom is 0.138 e. The minimum atomic E-state index is -0.239. The standard InChI is InChI=1S/C17H17BrFN3S/c1-3-12-8-13-16(20-9-21-17(13)23-12)22-10(2)6-11-4-5-15(19)14(18)7-11/h4-5,7-10H,3,6H2,1-2H3,(H,20,21,22). The second-order valence-electron chi connectivity index (χ2n) is 5.51. The number of anilines is 1. The van der Waals surface area contributed by atoms with E-state index in [1.807, 2.05) is 12.1 Å². The van der Waals surface area contributed by atoms with E-state index < -0.39 is 0 Å². The number of hydrogen-bond donors (Lipinski definition) is 1. The van der Waals surface area contributed by atoms with Crippen LogP contribution in [-0.2, 0) is 12.8 Å². The van der Waals surface area contributed by atoms with Crippen molar-refractivity contribution in [2.45, 2.75) is 32.7 Å². The van der Waals surface area contributed by atoms with Crippen molar-refractivity contribution in [1.29, 1.82) is 0 Å². The fourth-order valence-electron chi connectivity index (χ4n) is 2.50. The van der Waals surface area contributed by atoms with Gasteiger partial charge < -0.3 is 5.32 Å². The molecule has 1 aromatic carbocycles. The molecule has 0 saturated heterocycles. The Kier molecular flexibility index (Phi) is 4.92. The summed E-state index contributed by atoms with van der Waals surface area (Å²) >= 11 is 4.94. The molecule has 3 aromatic rings. The topological polar surface area (TPSA) is 37.8 Å². The fraction of sp³-hybridized carbons (Fsp3) is 0.294. The van der Waals surface area contributed by atoms with Crippen molar-refractivity contribution >= 4 is 43.3 Å². The van der Waals surface area contributed by atoms with Crippen LogP contribution in [0.2, 0.25) is 0 Å². The number of aromatic nitrogens is 2. The van der Waals surface area contributed by atoms with E-state index in [2.05, 4.69) is 51.1 Å². The third-order valence-electron chi connectivity index (χ3n) is 3.64. The zero-order chi connectivity index (χ0) is 16.4. The Morgan fingerprint density at radius 2 is 2.13 bits per heavy atom. The molecular weight excluding hydrogens is 377 g/mol. The van der Waals surface area contributed by atoms with Gasteiger partial charge in [-0.25, -0.2) is 14.4 Å². The number of nitrogens with zero attached hydrogens (tertiary/aromatic N) is 2. The van der Waals surface area contributed by atoms with Crippen LogP contribution in [0.15, 0.2) is 35.1 Å². The van der Waals surface area contributed by atoms with E-state index in [1.54, 1.807) is 17.7 Å². The number of hydrogen-bond acceptors (Lipinski definition) is 4. The van der Waals surface area contributed by atoms with Crippen molar-refractivity contribution < 1.29 is 4.39 Å². The molecule has 1 unspecified atom stereocenters. The van der Waals surface area contributed by atoms with Crippen LogP contribution >= 0.6 is 27.3 Å². The van der Waals surface area contributed by atoms with Crippen LogP contribution in [0.3, 0.4) is 0 Å². The molecule has 6 heteroatoms. The first-order chi connectivity index (χ1) is 11.1. The third kappa shape index (κ3) is 3.70. The molecular formula is C17H17BrFN3S. The Hall–Kier alpha value is -1.53. The minimum absolute atomic E-state index is 0.176. The Morgan fingerprint density at radius 1 is 1.30 bits per heavy atom. The quantitative estimate of drug-likeness (QED) is 0.647. The lowest BCUT2D eigenvalue weighted by atomic mass is 10.1. The lowest BCUT2D eigenvalue weighted by molar-refractivity contribution is 0.619. The molecule has 0 fully saturated rings. The van der Waals surface area contributed by atoms with E-state index in [1.165, 1.54) is 10.9 Å². The van der Waals surface area contributed by atoms with Crippen molar-refractivity contribution in [2.75, 3.05) is 5.32 Å². The van der Waals surface area contributed by atoms with E-state index in [9.17, 15) is 4.39 Å². The van der Waals surface area contributed by atoms with Gasteiger partial charge in [0.2, 0.25) is 0 Å². The van der Waals surface area contributed by atoms with Crippen molar-refractivity contribution in [3.63, 3.8) is 0 Å². The van der Waals surface area contributed by atoms with Crippen molar-refractivity contribution in [2.24, 2.45) is 0 Å². The molecule has 2 heterocycles. The Morgan fingerprint density at radius 3 is 2.87 bits per heavy atom. The molecule has 120 valence electrons. The van der Waals surface area contributed by atoms with Crippen molar-refractivity contribution in [3.8, 4) is 0 Å². The van der Waals surface area contributed by atoms with Crippen LogP contribution in [0.25, 0.3) is 10.2 Å². The number of thiophene rings is 1. The van der Waals surface area contributed by atoms with Gasteiger partial charge in [0, 0.05) is 10.9 Å². The molecule has 0 aliphatic rings. The van der Waals surface area contributed by atoms with Gasteiger partial charge in [-0.15, -0.1) is 11.3 Å². The highest BCUT2D eigenvalue weighted by atomic mass is 79.9. The summed E-state index contributed by atoms with van der Waals surface area (Å²) in [6.07, 6.45) is 3.39. The zero-order valence-electron chi connectivity index (χ0n) is 12.9. The van der Waals surface area contributed by atoms with Crippen LogP contribution in [0.5, 0.6) is 0 Å². The van der Waals surface area contributed by atoms with Gasteiger partial charge in [-0.1, -0.05) is 13.0 Å². The highest BCUT2D eigenvalue weighted by Crippen LogP contribution is 2.29. The molecule has 1 N–H and O–H groups in total. The molecule has 0 aliphatic heterocycles. The lowest BCUT2D eigenvalue weighted by Crippen LogP contribution is -2.19. The van der Waals surface area contributed by atoms with Crippen LogP contribution in [0, 0.1) is 5.82 Å². The molecule has 0 amide bonds. The Labute approximate surface area is 147 Å². The van der Waals surface area contributed by atoms with Crippen LogP contribution in [-0.4, -0.2) is 16.0 Å². The van der Waals surface area contributed by atoms with E-state index in [0.29, 0.717) is 4.47 Å². The summed E-state index contributed by atoms with van der Waals surface area (Å²) in [6.45, 7) is 4.23. The second kappa shape index (κ2) is 6.93. The maximum absolute atomic E-state index is 13.3. The van der Waals surface area contributed by atoms with Gasteiger partial charge in [0.1, 0.15) is 22.8 Å². The lowest BCUT2D eigenvalue weighted by Gasteiger charge is -2.15. The second-order valence-corrected chi connectivity index (χ2v) is 7.47. The molecule has 0 radical (unpaired) electrons. The third-order valence-corrected chi connectivity index (χ3v) is 5.43. The Balaban J connectivity index is 1.78. The summed E-state index contributed by atoms with van der Waals surface area (Å²) in [5, 5.41) is 4.52. The van der Waals surface area contributed by atoms with E-state index in [-0.39, 0.29) is 11.9 Å². The highest BCUT2D eigenvalue weighted by Gasteiger charge is 2.11. The average Bonchev–Trinajstić information content (AvgIpc) is 2.95. The zero-order valence-corrected chi connectivity index (χ0v) is 15.3. The van der Waals surface area contributed by atoms with Crippen LogP contribution < -0.4 is 5.32 Å². The highest BCUT2D eigenvalue weighted by molar-refractivity contribution is 9.10. The number of nitrogens with one attached hydrogen (secondary N) is 1. The molecule has 23 heavy (non-hydrogen) atoms. The van der Waals surface area contributed by atoms with Crippen molar-refractivity contribution in [3.05, 3.63) is 51.3 Å². The summed E-state index contributed by atoms with van der Waals surface area (Å²) < 4.78 is 13.8. The first kappa shape index (κ1) is 16.3. The summed E-state index contributed by atoms with van der Waals surface area (Å²) in [5.74, 6) is 0.622. The van der Waals surface area contributed by atoms with Gasteiger partial charge in [0.05, 0.1) is 9.86 Å². The maximum atomic E-state index is 13.3. The first-order valence-corrected chi connectivity index (χ1v) is 9.11. The number of aryl methyl sites for hydroxylation is 1. The predicted molar refractivity (Wildman–Crippen MR) is 97.7 cm³/mol.